The molecule has 136 valence electrons. The zero-order chi connectivity index (χ0) is 18.6. The minimum absolute atomic E-state index is 0.198. The predicted molar refractivity (Wildman–Crippen MR) is 92.9 cm³/mol. The van der Waals surface area contributed by atoms with Gasteiger partial charge in [0.05, 0.1) is 12.6 Å². The minimum atomic E-state index is -1.07. The monoisotopic (exact) mass is 387 g/mol. The van der Waals surface area contributed by atoms with Crippen LogP contribution in [-0.4, -0.2) is 41.0 Å². The van der Waals surface area contributed by atoms with Gasteiger partial charge in [-0.25, -0.2) is 4.79 Å². The second-order valence-electron chi connectivity index (χ2n) is 5.86. The highest BCUT2D eigenvalue weighted by molar-refractivity contribution is 6.34. The summed E-state index contributed by atoms with van der Waals surface area (Å²) in [6.45, 7) is 2.09. The first kappa shape index (κ1) is 19.5. The van der Waals surface area contributed by atoms with Gasteiger partial charge >= 0.3 is 12.1 Å². The highest BCUT2D eigenvalue weighted by atomic mass is 35.5. The van der Waals surface area contributed by atoms with Gasteiger partial charge < -0.3 is 14.7 Å². The average molecular weight is 388 g/mol. The molecule has 0 spiro atoms. The maximum absolute atomic E-state index is 12.4. The fourth-order valence-electron chi connectivity index (χ4n) is 3.07. The van der Waals surface area contributed by atoms with Crippen LogP contribution in [0.1, 0.15) is 37.8 Å². The summed E-state index contributed by atoms with van der Waals surface area (Å²) in [5, 5.41) is 10.2. The zero-order valence-electron chi connectivity index (χ0n) is 13.7. The van der Waals surface area contributed by atoms with Crippen LogP contribution in [0.15, 0.2) is 18.2 Å². The summed E-state index contributed by atoms with van der Waals surface area (Å²) in [5.41, 5.74) is 0.633. The number of hydrogen-bond donors (Lipinski definition) is 1. The van der Waals surface area contributed by atoms with Crippen molar-refractivity contribution in [3.8, 4) is 0 Å². The summed E-state index contributed by atoms with van der Waals surface area (Å²) in [6.07, 6.45) is -0.720. The van der Waals surface area contributed by atoms with Gasteiger partial charge in [-0.3, -0.25) is 9.59 Å². The molecule has 2 atom stereocenters. The molecule has 0 aromatic heterocycles. The Hall–Kier alpha value is -1.79. The van der Waals surface area contributed by atoms with E-state index in [2.05, 4.69) is 0 Å². The molecule has 0 saturated carbocycles. The van der Waals surface area contributed by atoms with Crippen LogP contribution < -0.4 is 0 Å². The first-order valence-electron chi connectivity index (χ1n) is 7.95. The Morgan fingerprint density at radius 1 is 1.24 bits per heavy atom. The lowest BCUT2D eigenvalue weighted by molar-refractivity contribution is -0.146. The number of hydrogen-bond acceptors (Lipinski definition) is 4. The number of rotatable bonds is 5. The number of carbonyl (C=O) groups is 3. The summed E-state index contributed by atoms with van der Waals surface area (Å²) in [5.74, 6) is -1.21. The molecule has 25 heavy (non-hydrogen) atoms. The largest absolute Gasteiger partial charge is 0.466 e. The lowest BCUT2D eigenvalue weighted by Gasteiger charge is -2.37. The maximum Gasteiger partial charge on any atom is 0.407 e. The second kappa shape index (κ2) is 8.54. The summed E-state index contributed by atoms with van der Waals surface area (Å²) in [6, 6.07) is 4.31. The van der Waals surface area contributed by atoms with Crippen LogP contribution in [0.5, 0.6) is 0 Å². The van der Waals surface area contributed by atoms with E-state index >= 15 is 0 Å². The lowest BCUT2D eigenvalue weighted by atomic mass is 9.84. The number of benzene rings is 1. The molecule has 0 aliphatic carbocycles. The Kier molecular flexibility index (Phi) is 6.67. The minimum Gasteiger partial charge on any atom is -0.466 e. The van der Waals surface area contributed by atoms with E-state index in [1.165, 1.54) is 4.90 Å². The maximum atomic E-state index is 12.4. The van der Waals surface area contributed by atoms with E-state index in [0.717, 1.165) is 0 Å². The first-order valence-corrected chi connectivity index (χ1v) is 8.71. The SMILES string of the molecule is CCOC(=O)CC(=O)[C@@H]1CCN(C(=O)O)[C@@H](c2cc(Cl)cc(Cl)c2)C1. The van der Waals surface area contributed by atoms with Crippen molar-refractivity contribution in [1.29, 1.82) is 0 Å². The van der Waals surface area contributed by atoms with Crippen molar-refractivity contribution < 1.29 is 24.2 Å². The summed E-state index contributed by atoms with van der Waals surface area (Å²) in [7, 11) is 0. The highest BCUT2D eigenvalue weighted by Gasteiger charge is 2.36. The average Bonchev–Trinajstić information content (AvgIpc) is 2.53. The van der Waals surface area contributed by atoms with Crippen LogP contribution in [0.2, 0.25) is 10.0 Å². The third kappa shape index (κ3) is 5.09. The molecule has 2 rings (SSSR count). The molecule has 1 saturated heterocycles. The number of esters is 1. The van der Waals surface area contributed by atoms with E-state index < -0.39 is 24.0 Å². The molecule has 6 nitrogen and oxygen atoms in total. The Balaban J connectivity index is 2.20. The summed E-state index contributed by atoms with van der Waals surface area (Å²) < 4.78 is 4.81. The molecule has 1 amide bonds. The third-order valence-electron chi connectivity index (χ3n) is 4.20. The van der Waals surface area contributed by atoms with Gasteiger partial charge in [0.25, 0.3) is 0 Å². The van der Waals surface area contributed by atoms with Gasteiger partial charge in [-0.1, -0.05) is 23.2 Å². The van der Waals surface area contributed by atoms with Crippen LogP contribution in [0, 0.1) is 5.92 Å². The molecule has 1 N–H and O–H groups in total. The highest BCUT2D eigenvalue weighted by Crippen LogP contribution is 2.37. The quantitative estimate of drug-likeness (QED) is 0.610. The number of carboxylic acid groups (broad SMARTS) is 1. The number of amides is 1. The van der Waals surface area contributed by atoms with E-state index in [9.17, 15) is 19.5 Å². The van der Waals surface area contributed by atoms with Crippen molar-refractivity contribution in [1.82, 2.24) is 4.90 Å². The molecule has 1 aliphatic rings. The van der Waals surface area contributed by atoms with Crippen molar-refractivity contribution in [2.45, 2.75) is 32.2 Å². The Morgan fingerprint density at radius 3 is 2.44 bits per heavy atom. The molecule has 1 heterocycles. The van der Waals surface area contributed by atoms with Gasteiger partial charge in [0, 0.05) is 22.5 Å². The van der Waals surface area contributed by atoms with Gasteiger partial charge in [-0.15, -0.1) is 0 Å². The molecule has 1 aliphatic heterocycles. The van der Waals surface area contributed by atoms with Crippen LogP contribution >= 0.6 is 23.2 Å². The molecular formula is C17H19Cl2NO5. The summed E-state index contributed by atoms with van der Waals surface area (Å²) >= 11 is 12.0. The number of halogens is 2. The second-order valence-corrected chi connectivity index (χ2v) is 6.74. The van der Waals surface area contributed by atoms with Gasteiger partial charge in [0.15, 0.2) is 0 Å². The van der Waals surface area contributed by atoms with Crippen molar-refractivity contribution in [2.24, 2.45) is 5.92 Å². The van der Waals surface area contributed by atoms with E-state index in [-0.39, 0.29) is 31.8 Å². The van der Waals surface area contributed by atoms with E-state index in [4.69, 9.17) is 27.9 Å². The van der Waals surface area contributed by atoms with Crippen LogP contribution in [0.3, 0.4) is 0 Å². The van der Waals surface area contributed by atoms with Crippen LogP contribution in [0.25, 0.3) is 0 Å². The molecule has 1 aromatic carbocycles. The number of ketones is 1. The lowest BCUT2D eigenvalue weighted by Crippen LogP contribution is -2.42. The van der Waals surface area contributed by atoms with E-state index in [0.29, 0.717) is 22.0 Å². The molecule has 0 unspecified atom stereocenters. The number of Topliss-reactive ketones (excluding diaryl/α,β-unsaturated/α-hetero) is 1. The normalized spacial score (nSPS) is 20.2. The molecule has 1 aromatic rings. The molecule has 8 heteroatoms. The third-order valence-corrected chi connectivity index (χ3v) is 4.63. The Bertz CT molecular complexity index is 659. The number of ether oxygens (including phenoxy) is 1. The fraction of sp³-hybridized carbons (Fsp3) is 0.471. The Morgan fingerprint density at radius 2 is 1.88 bits per heavy atom. The van der Waals surface area contributed by atoms with Crippen molar-refractivity contribution in [3.63, 3.8) is 0 Å². The summed E-state index contributed by atoms with van der Waals surface area (Å²) in [4.78, 5) is 36.7. The van der Waals surface area contributed by atoms with E-state index in [1.54, 1.807) is 25.1 Å². The van der Waals surface area contributed by atoms with Crippen molar-refractivity contribution >= 4 is 41.0 Å². The van der Waals surface area contributed by atoms with Gasteiger partial charge in [-0.05, 0) is 43.5 Å². The zero-order valence-corrected chi connectivity index (χ0v) is 15.2. The Labute approximate surface area is 155 Å². The predicted octanol–water partition coefficient (Wildman–Crippen LogP) is 3.95. The number of likely N-dealkylation sites (tertiary alicyclic amines) is 1. The molecular weight excluding hydrogens is 369 g/mol. The van der Waals surface area contributed by atoms with Crippen LogP contribution in [-0.2, 0) is 14.3 Å². The first-order chi connectivity index (χ1) is 11.8. The van der Waals surface area contributed by atoms with E-state index in [1.807, 2.05) is 0 Å². The van der Waals surface area contributed by atoms with Gasteiger partial charge in [0.1, 0.15) is 12.2 Å². The number of carbonyl (C=O) groups excluding carboxylic acids is 2. The van der Waals surface area contributed by atoms with Crippen molar-refractivity contribution in [3.05, 3.63) is 33.8 Å². The standard InChI is InChI=1S/C17H19Cl2NO5/c1-2-25-16(22)9-15(21)10-3-4-20(17(23)24)14(7-10)11-5-12(18)8-13(19)6-11/h5-6,8,10,14H,2-4,7,9H2,1H3,(H,23,24)/t10-,14-/m1/s1. The van der Waals surface area contributed by atoms with Gasteiger partial charge in [-0.2, -0.15) is 0 Å². The number of piperidine rings is 1. The topological polar surface area (TPSA) is 83.9 Å². The fourth-order valence-corrected chi connectivity index (χ4v) is 3.61. The molecule has 0 bridgehead atoms. The number of nitrogens with zero attached hydrogens (tertiary/aromatic N) is 1. The van der Waals surface area contributed by atoms with Crippen molar-refractivity contribution in [2.75, 3.05) is 13.2 Å². The molecule has 0 radical (unpaired) electrons. The molecule has 1 fully saturated rings. The van der Waals surface area contributed by atoms with Crippen LogP contribution in [0.4, 0.5) is 4.79 Å². The smallest absolute Gasteiger partial charge is 0.407 e. The van der Waals surface area contributed by atoms with Gasteiger partial charge in [0.2, 0.25) is 0 Å².